The molecule has 0 aromatic carbocycles. The van der Waals surface area contributed by atoms with Crippen molar-refractivity contribution in [2.75, 3.05) is 27.6 Å². The minimum atomic E-state index is -1.67. The lowest BCUT2D eigenvalue weighted by Crippen LogP contribution is -2.42. The van der Waals surface area contributed by atoms with Crippen molar-refractivity contribution < 1.29 is 28.5 Å². The van der Waals surface area contributed by atoms with Crippen LogP contribution in [-0.4, -0.2) is 53.2 Å². The Morgan fingerprint density at radius 3 is 2.62 bits per heavy atom. The van der Waals surface area contributed by atoms with Crippen LogP contribution >= 0.6 is 0 Å². The van der Waals surface area contributed by atoms with Crippen molar-refractivity contribution >= 4 is 20.0 Å². The van der Waals surface area contributed by atoms with Gasteiger partial charge in [-0.3, -0.25) is 0 Å². The summed E-state index contributed by atoms with van der Waals surface area (Å²) < 4.78 is 20.0. The maximum Gasteiger partial charge on any atom is 0.345 e. The van der Waals surface area contributed by atoms with E-state index in [0.717, 1.165) is 0 Å². The van der Waals surface area contributed by atoms with Gasteiger partial charge in [-0.05, 0) is 6.08 Å². The number of ether oxygens (including phenoxy) is 4. The molecule has 0 amide bonds. The summed E-state index contributed by atoms with van der Waals surface area (Å²) >= 11 is 0. The standard InChI is InChI=1S/C14H20O6Si/c1-17-10-20-14(6-7-21(3,4)5)8-11(12(15)18-2)13(16)19-9-14/h8H,9-10H2,1-5H3/t14-/m0/s1. The highest BCUT2D eigenvalue weighted by Gasteiger charge is 2.38. The van der Waals surface area contributed by atoms with E-state index < -0.39 is 25.6 Å². The van der Waals surface area contributed by atoms with Gasteiger partial charge in [-0.15, -0.1) is 5.54 Å². The van der Waals surface area contributed by atoms with Crippen LogP contribution in [0.15, 0.2) is 11.6 Å². The number of hydrogen-bond donors (Lipinski definition) is 0. The van der Waals surface area contributed by atoms with Gasteiger partial charge in [0.25, 0.3) is 0 Å². The molecule has 0 unspecified atom stereocenters. The quantitative estimate of drug-likeness (QED) is 0.252. The SMILES string of the molecule is COCO[C@@]1(C#C[Si](C)(C)C)C=C(C(=O)OC)C(=O)OC1. The van der Waals surface area contributed by atoms with Crippen molar-refractivity contribution in [1.82, 2.24) is 0 Å². The van der Waals surface area contributed by atoms with Gasteiger partial charge in [-0.25, -0.2) is 9.59 Å². The lowest BCUT2D eigenvalue weighted by atomic mass is 9.99. The van der Waals surface area contributed by atoms with Crippen LogP contribution in [0.3, 0.4) is 0 Å². The van der Waals surface area contributed by atoms with E-state index >= 15 is 0 Å². The van der Waals surface area contributed by atoms with Crippen LogP contribution in [0, 0.1) is 11.5 Å². The second kappa shape index (κ2) is 6.89. The molecular formula is C14H20O6Si. The molecule has 0 saturated carbocycles. The first-order valence-corrected chi connectivity index (χ1v) is 9.88. The van der Waals surface area contributed by atoms with Crippen LogP contribution in [0.2, 0.25) is 19.6 Å². The van der Waals surface area contributed by atoms with E-state index in [9.17, 15) is 9.59 Å². The van der Waals surface area contributed by atoms with Crippen molar-refractivity contribution in [3.05, 3.63) is 11.6 Å². The van der Waals surface area contributed by atoms with E-state index in [-0.39, 0.29) is 19.0 Å². The molecule has 0 bridgehead atoms. The highest BCUT2D eigenvalue weighted by molar-refractivity contribution is 6.83. The zero-order valence-corrected chi connectivity index (χ0v) is 13.9. The van der Waals surface area contributed by atoms with Crippen LogP contribution in [0.1, 0.15) is 0 Å². The summed E-state index contributed by atoms with van der Waals surface area (Å²) in [6.07, 6.45) is 1.36. The molecule has 7 heteroatoms. The molecule has 0 aromatic heterocycles. The Morgan fingerprint density at radius 2 is 2.10 bits per heavy atom. The Morgan fingerprint density at radius 1 is 1.43 bits per heavy atom. The van der Waals surface area contributed by atoms with Crippen LogP contribution in [-0.2, 0) is 28.5 Å². The average molecular weight is 312 g/mol. The smallest absolute Gasteiger partial charge is 0.345 e. The van der Waals surface area contributed by atoms with E-state index in [4.69, 9.17) is 14.2 Å². The topological polar surface area (TPSA) is 71.1 Å². The minimum absolute atomic E-state index is 0.0388. The van der Waals surface area contributed by atoms with Crippen LogP contribution in [0.5, 0.6) is 0 Å². The van der Waals surface area contributed by atoms with Gasteiger partial charge in [0.1, 0.15) is 27.0 Å². The number of carbonyl (C=O) groups is 2. The largest absolute Gasteiger partial charge is 0.465 e. The molecule has 1 aliphatic rings. The van der Waals surface area contributed by atoms with E-state index in [1.165, 1.54) is 20.3 Å². The van der Waals surface area contributed by atoms with Gasteiger partial charge >= 0.3 is 11.9 Å². The minimum Gasteiger partial charge on any atom is -0.465 e. The molecule has 1 rings (SSSR count). The van der Waals surface area contributed by atoms with Gasteiger partial charge in [0, 0.05) is 7.11 Å². The van der Waals surface area contributed by atoms with E-state index in [0.29, 0.717) is 0 Å². The van der Waals surface area contributed by atoms with Crippen LogP contribution < -0.4 is 0 Å². The lowest BCUT2D eigenvalue weighted by Gasteiger charge is -2.29. The summed E-state index contributed by atoms with van der Waals surface area (Å²) in [7, 11) is 0.993. The van der Waals surface area contributed by atoms with Gasteiger partial charge in [-0.1, -0.05) is 25.6 Å². The predicted molar refractivity (Wildman–Crippen MR) is 77.9 cm³/mol. The fourth-order valence-corrected chi connectivity index (χ4v) is 2.07. The van der Waals surface area contributed by atoms with Crippen molar-refractivity contribution in [2.24, 2.45) is 0 Å². The maximum atomic E-state index is 11.6. The third kappa shape index (κ3) is 5.01. The van der Waals surface area contributed by atoms with Crippen molar-refractivity contribution in [1.29, 1.82) is 0 Å². The third-order valence-corrected chi connectivity index (χ3v) is 3.38. The molecule has 0 N–H and O–H groups in total. The summed E-state index contributed by atoms with van der Waals surface area (Å²) in [5.74, 6) is 1.47. The van der Waals surface area contributed by atoms with Gasteiger partial charge in [0.05, 0.1) is 7.11 Å². The Kier molecular flexibility index (Phi) is 5.72. The molecule has 1 atom stereocenters. The summed E-state index contributed by atoms with van der Waals surface area (Å²) in [6, 6.07) is 0. The molecule has 6 nitrogen and oxygen atoms in total. The zero-order valence-electron chi connectivity index (χ0n) is 12.9. The molecule has 116 valence electrons. The molecule has 1 heterocycles. The van der Waals surface area contributed by atoms with Gasteiger partial charge in [0.2, 0.25) is 0 Å². The van der Waals surface area contributed by atoms with Crippen molar-refractivity contribution in [3.8, 4) is 11.5 Å². The first-order chi connectivity index (χ1) is 9.73. The fourth-order valence-electron chi connectivity index (χ4n) is 1.49. The van der Waals surface area contributed by atoms with Crippen molar-refractivity contribution in [3.63, 3.8) is 0 Å². The Balaban J connectivity index is 3.23. The second-order valence-electron chi connectivity index (χ2n) is 5.57. The number of carbonyl (C=O) groups excluding carboxylic acids is 2. The first kappa shape index (κ1) is 17.4. The van der Waals surface area contributed by atoms with E-state index in [1.807, 2.05) is 0 Å². The highest BCUT2D eigenvalue weighted by Crippen LogP contribution is 2.23. The molecular weight excluding hydrogens is 292 g/mol. The third-order valence-electron chi connectivity index (χ3n) is 2.50. The predicted octanol–water partition coefficient (Wildman–Crippen LogP) is 0.883. The van der Waals surface area contributed by atoms with Crippen LogP contribution in [0.25, 0.3) is 0 Å². The number of hydrogen-bond acceptors (Lipinski definition) is 6. The summed E-state index contributed by atoms with van der Waals surface area (Å²) in [4.78, 5) is 23.3. The molecule has 21 heavy (non-hydrogen) atoms. The van der Waals surface area contributed by atoms with E-state index in [1.54, 1.807) is 0 Å². The molecule has 0 aliphatic carbocycles. The molecule has 0 fully saturated rings. The van der Waals surface area contributed by atoms with Gasteiger partial charge in [0.15, 0.2) is 5.60 Å². The second-order valence-corrected chi connectivity index (χ2v) is 10.3. The van der Waals surface area contributed by atoms with Crippen LogP contribution in [0.4, 0.5) is 0 Å². The molecule has 0 saturated heterocycles. The average Bonchev–Trinajstić information content (AvgIpc) is 2.44. The molecule has 1 aliphatic heterocycles. The summed E-state index contributed by atoms with van der Waals surface area (Å²) in [6.45, 7) is 6.09. The van der Waals surface area contributed by atoms with Crippen molar-refractivity contribution in [2.45, 2.75) is 25.2 Å². The number of esters is 2. The zero-order chi connectivity index (χ0) is 16.1. The Labute approximate surface area is 125 Å². The fraction of sp³-hybridized carbons (Fsp3) is 0.571. The first-order valence-electron chi connectivity index (χ1n) is 6.38. The summed E-state index contributed by atoms with van der Waals surface area (Å²) in [5, 5.41) is 0. The number of rotatable bonds is 4. The highest BCUT2D eigenvalue weighted by atomic mass is 28.3. The maximum absolute atomic E-state index is 11.6. The monoisotopic (exact) mass is 312 g/mol. The Bertz CT molecular complexity index is 508. The Hall–Kier alpha value is -1.62. The van der Waals surface area contributed by atoms with E-state index in [2.05, 4.69) is 35.8 Å². The molecule has 0 spiro atoms. The van der Waals surface area contributed by atoms with Gasteiger partial charge in [-0.2, -0.15) is 0 Å². The number of cyclic esters (lactones) is 1. The summed E-state index contributed by atoms with van der Waals surface area (Å²) in [5.41, 5.74) is 1.75. The lowest BCUT2D eigenvalue weighted by molar-refractivity contribution is -0.158. The number of methoxy groups -OCH3 is 2. The molecule has 0 radical (unpaired) electrons. The molecule has 0 aromatic rings. The van der Waals surface area contributed by atoms with Gasteiger partial charge < -0.3 is 18.9 Å². The normalized spacial score (nSPS) is 21.8.